The second kappa shape index (κ2) is 12.1. The van der Waals surface area contributed by atoms with Crippen LogP contribution in [0.25, 0.3) is 0 Å². The van der Waals surface area contributed by atoms with Gasteiger partial charge >= 0.3 is 9.15 Å². The van der Waals surface area contributed by atoms with Gasteiger partial charge < -0.3 is 11.1 Å². The molecule has 0 aromatic carbocycles. The number of hydrogen-bond acceptors (Lipinski definition) is 5. The van der Waals surface area contributed by atoms with Crippen LogP contribution in [0.3, 0.4) is 0 Å². The predicted octanol–water partition coefficient (Wildman–Crippen LogP) is 1.21. The lowest BCUT2D eigenvalue weighted by Crippen LogP contribution is -2.19. The average molecular weight is 337 g/mol. The first-order chi connectivity index (χ1) is 7.06. The minimum absolute atomic E-state index is 0. The van der Waals surface area contributed by atoms with Crippen LogP contribution in [0.2, 0.25) is 0 Å². The average Bonchev–Trinajstić information content (AvgIpc) is 2.14. The van der Waals surface area contributed by atoms with E-state index in [4.69, 9.17) is 10.3 Å². The SMILES string of the molecule is Br.NCCCCCCNCCSS(=O)(=O)O. The van der Waals surface area contributed by atoms with E-state index >= 15 is 0 Å². The van der Waals surface area contributed by atoms with Crippen LogP contribution in [0.5, 0.6) is 0 Å². The van der Waals surface area contributed by atoms with Gasteiger partial charge in [0.2, 0.25) is 0 Å². The fourth-order valence-corrected chi connectivity index (χ4v) is 2.41. The molecule has 0 aromatic rings. The summed E-state index contributed by atoms with van der Waals surface area (Å²) >= 11 is 0. The van der Waals surface area contributed by atoms with Gasteiger partial charge in [0, 0.05) is 12.3 Å². The van der Waals surface area contributed by atoms with Crippen molar-refractivity contribution in [3.8, 4) is 0 Å². The Kier molecular flexibility index (Phi) is 14.4. The molecule has 0 fully saturated rings. The Hall–Kier alpha value is 0.660. The van der Waals surface area contributed by atoms with Crippen LogP contribution < -0.4 is 11.1 Å². The molecule has 0 amide bonds. The second-order valence-corrected chi connectivity index (χ2v) is 6.67. The quantitative estimate of drug-likeness (QED) is 0.315. The standard InChI is InChI=1S/C8H20N2O3S2.BrH/c9-5-3-1-2-4-6-10-7-8-14-15(11,12)13;/h10H,1-9H2,(H,11,12,13);1H. The molecule has 0 aliphatic rings. The third-order valence-electron chi connectivity index (χ3n) is 1.82. The Morgan fingerprint density at radius 3 is 2.31 bits per heavy atom. The lowest BCUT2D eigenvalue weighted by molar-refractivity contribution is 0.503. The number of nitrogens with one attached hydrogen (secondary N) is 1. The number of nitrogens with two attached hydrogens (primary N) is 1. The highest BCUT2D eigenvalue weighted by Crippen LogP contribution is 2.06. The first kappa shape index (κ1) is 19.0. The molecule has 0 aliphatic carbocycles. The van der Waals surface area contributed by atoms with E-state index in [1.807, 2.05) is 0 Å². The zero-order valence-electron chi connectivity index (χ0n) is 9.22. The number of halogens is 1. The van der Waals surface area contributed by atoms with Gasteiger partial charge in [-0.3, -0.25) is 4.55 Å². The van der Waals surface area contributed by atoms with E-state index in [9.17, 15) is 8.42 Å². The Balaban J connectivity index is 0. The molecule has 16 heavy (non-hydrogen) atoms. The molecule has 5 nitrogen and oxygen atoms in total. The summed E-state index contributed by atoms with van der Waals surface area (Å²) in [5, 5.41) is 3.11. The lowest BCUT2D eigenvalue weighted by Gasteiger charge is -2.03. The minimum atomic E-state index is -3.87. The highest BCUT2D eigenvalue weighted by molar-refractivity contribution is 8.93. The Labute approximate surface area is 112 Å². The van der Waals surface area contributed by atoms with Gasteiger partial charge in [-0.2, -0.15) is 8.42 Å². The fourth-order valence-electron chi connectivity index (χ4n) is 1.09. The van der Waals surface area contributed by atoms with Crippen LogP contribution in [0, 0.1) is 0 Å². The van der Waals surface area contributed by atoms with Crippen LogP contribution in [-0.2, 0) is 9.15 Å². The van der Waals surface area contributed by atoms with Crippen LogP contribution in [0.1, 0.15) is 25.7 Å². The highest BCUT2D eigenvalue weighted by Gasteiger charge is 2.03. The smallest absolute Gasteiger partial charge is 0.319 e. The van der Waals surface area contributed by atoms with Crippen LogP contribution in [0.4, 0.5) is 0 Å². The van der Waals surface area contributed by atoms with E-state index in [-0.39, 0.29) is 17.0 Å². The predicted molar refractivity (Wildman–Crippen MR) is 74.7 cm³/mol. The first-order valence-corrected chi connectivity index (χ1v) is 8.03. The van der Waals surface area contributed by atoms with E-state index in [0.717, 1.165) is 38.8 Å². The topological polar surface area (TPSA) is 92.4 Å². The molecule has 0 atom stereocenters. The van der Waals surface area contributed by atoms with Crippen molar-refractivity contribution >= 4 is 36.9 Å². The minimum Gasteiger partial charge on any atom is -0.330 e. The Bertz CT molecular complexity index is 237. The maximum atomic E-state index is 10.3. The van der Waals surface area contributed by atoms with Gasteiger partial charge in [-0.25, -0.2) is 0 Å². The maximum Gasteiger partial charge on any atom is 0.319 e. The molecule has 4 N–H and O–H groups in total. The molecule has 8 heteroatoms. The van der Waals surface area contributed by atoms with Crippen molar-refractivity contribution in [2.75, 3.05) is 25.4 Å². The molecule has 0 spiro atoms. The van der Waals surface area contributed by atoms with Crippen molar-refractivity contribution < 1.29 is 13.0 Å². The molecular weight excluding hydrogens is 316 g/mol. The third kappa shape index (κ3) is 17.1. The van der Waals surface area contributed by atoms with Gasteiger partial charge in [0.05, 0.1) is 0 Å². The normalized spacial score (nSPS) is 11.1. The van der Waals surface area contributed by atoms with Gasteiger partial charge in [-0.1, -0.05) is 12.8 Å². The Morgan fingerprint density at radius 2 is 1.75 bits per heavy atom. The first-order valence-electron chi connectivity index (χ1n) is 5.09. The summed E-state index contributed by atoms with van der Waals surface area (Å²) in [5.74, 6) is 0.377. The molecule has 0 aromatic heterocycles. The molecule has 0 saturated heterocycles. The molecule has 0 rings (SSSR count). The molecule has 0 bridgehead atoms. The Morgan fingerprint density at radius 1 is 1.12 bits per heavy atom. The number of unbranched alkanes of at least 4 members (excludes halogenated alkanes) is 3. The second-order valence-electron chi connectivity index (χ2n) is 3.20. The summed E-state index contributed by atoms with van der Waals surface area (Å²) in [6, 6.07) is 0. The van der Waals surface area contributed by atoms with Gasteiger partial charge in [0.15, 0.2) is 0 Å². The molecule has 0 saturated carbocycles. The zero-order chi connectivity index (χ0) is 11.6. The monoisotopic (exact) mass is 336 g/mol. The summed E-state index contributed by atoms with van der Waals surface area (Å²) in [6.45, 7) is 2.23. The van der Waals surface area contributed by atoms with Gasteiger partial charge in [0.25, 0.3) is 0 Å². The van der Waals surface area contributed by atoms with Crippen LogP contribution in [0.15, 0.2) is 0 Å². The summed E-state index contributed by atoms with van der Waals surface area (Å²) in [5.41, 5.74) is 5.35. The van der Waals surface area contributed by atoms with Gasteiger partial charge in [-0.05, 0) is 36.7 Å². The maximum absolute atomic E-state index is 10.3. The van der Waals surface area contributed by atoms with E-state index in [1.54, 1.807) is 0 Å². The zero-order valence-corrected chi connectivity index (χ0v) is 12.6. The van der Waals surface area contributed by atoms with Crippen molar-refractivity contribution in [1.82, 2.24) is 5.32 Å². The van der Waals surface area contributed by atoms with Crippen molar-refractivity contribution in [3.63, 3.8) is 0 Å². The molecular formula is C8H21BrN2O3S2. The fraction of sp³-hybridized carbons (Fsp3) is 1.00. The summed E-state index contributed by atoms with van der Waals surface area (Å²) < 4.78 is 29.0. The lowest BCUT2D eigenvalue weighted by atomic mass is 10.2. The molecule has 0 radical (unpaired) electrons. The van der Waals surface area contributed by atoms with Crippen molar-refractivity contribution in [2.45, 2.75) is 25.7 Å². The van der Waals surface area contributed by atoms with Crippen molar-refractivity contribution in [2.24, 2.45) is 5.73 Å². The van der Waals surface area contributed by atoms with Gasteiger partial charge in [-0.15, -0.1) is 17.0 Å². The van der Waals surface area contributed by atoms with E-state index in [1.165, 1.54) is 0 Å². The van der Waals surface area contributed by atoms with E-state index in [2.05, 4.69) is 5.32 Å². The summed E-state index contributed by atoms with van der Waals surface area (Å²) in [4.78, 5) is 0. The number of rotatable bonds is 10. The van der Waals surface area contributed by atoms with Gasteiger partial charge in [0.1, 0.15) is 0 Å². The third-order valence-corrected chi connectivity index (χ3v) is 3.88. The van der Waals surface area contributed by atoms with E-state index < -0.39 is 9.15 Å². The molecule has 0 unspecified atom stereocenters. The van der Waals surface area contributed by atoms with Crippen LogP contribution in [-0.4, -0.2) is 38.4 Å². The highest BCUT2D eigenvalue weighted by atomic mass is 79.9. The molecule has 0 aliphatic heterocycles. The number of hydrogen-bond donors (Lipinski definition) is 3. The largest absolute Gasteiger partial charge is 0.330 e. The van der Waals surface area contributed by atoms with Crippen molar-refractivity contribution in [3.05, 3.63) is 0 Å². The summed E-state index contributed by atoms with van der Waals surface area (Å²) in [7, 11) is -3.31. The molecule has 100 valence electrons. The molecule has 0 heterocycles. The van der Waals surface area contributed by atoms with E-state index in [0.29, 0.717) is 23.1 Å². The van der Waals surface area contributed by atoms with Crippen molar-refractivity contribution in [1.29, 1.82) is 0 Å². The van der Waals surface area contributed by atoms with Crippen LogP contribution >= 0.6 is 27.8 Å². The summed E-state index contributed by atoms with van der Waals surface area (Å²) in [6.07, 6.45) is 4.45.